The first-order chi connectivity index (χ1) is 7.68. The lowest BCUT2D eigenvalue weighted by Crippen LogP contribution is -1.95. The van der Waals surface area contributed by atoms with Crippen LogP contribution in [0.1, 0.15) is 0 Å². The lowest BCUT2D eigenvalue weighted by atomic mass is 10.3. The molecule has 2 aromatic heterocycles. The molecule has 0 aliphatic carbocycles. The number of hydrogen-bond acceptors (Lipinski definition) is 2. The molecule has 0 bridgehead atoms. The second kappa shape index (κ2) is 3.21. The molecule has 3 rings (SSSR count). The molecule has 0 atom stereocenters. The van der Waals surface area contributed by atoms with Gasteiger partial charge in [-0.2, -0.15) is 5.10 Å². The first-order valence-corrected chi connectivity index (χ1v) is 5.24. The number of nitrogens with zero attached hydrogens (tertiary/aromatic N) is 3. The van der Waals surface area contributed by atoms with Crippen molar-refractivity contribution in [3.63, 3.8) is 0 Å². The predicted octanol–water partition coefficient (Wildman–Crippen LogP) is 2.92. The van der Waals surface area contributed by atoms with E-state index in [0.29, 0.717) is 9.99 Å². The fourth-order valence-electron chi connectivity index (χ4n) is 1.60. The van der Waals surface area contributed by atoms with Crippen LogP contribution in [-0.4, -0.2) is 14.6 Å². The minimum atomic E-state index is -0.477. The fourth-order valence-corrected chi connectivity index (χ4v) is 1.92. The van der Waals surface area contributed by atoms with Crippen LogP contribution in [0.4, 0.5) is 8.78 Å². The third-order valence-electron chi connectivity index (χ3n) is 2.35. The van der Waals surface area contributed by atoms with Gasteiger partial charge in [0.25, 0.3) is 0 Å². The number of halogens is 3. The smallest absolute Gasteiger partial charge is 0.170 e. The van der Waals surface area contributed by atoms with Gasteiger partial charge in [0.05, 0.1) is 22.4 Å². The van der Waals surface area contributed by atoms with Crippen LogP contribution in [-0.2, 0) is 0 Å². The summed E-state index contributed by atoms with van der Waals surface area (Å²) in [6.45, 7) is 0. The summed E-state index contributed by atoms with van der Waals surface area (Å²) in [4.78, 5) is 3.90. The molecule has 2 heterocycles. The van der Waals surface area contributed by atoms with Gasteiger partial charge in [-0.1, -0.05) is 0 Å². The van der Waals surface area contributed by atoms with Gasteiger partial charge in [-0.25, -0.2) is 18.3 Å². The van der Waals surface area contributed by atoms with Crippen LogP contribution in [0.5, 0.6) is 0 Å². The van der Waals surface area contributed by atoms with Crippen LogP contribution < -0.4 is 0 Å². The zero-order valence-electron chi connectivity index (χ0n) is 7.78. The number of benzene rings is 1. The van der Waals surface area contributed by atoms with Crippen LogP contribution in [0.15, 0.2) is 29.0 Å². The first kappa shape index (κ1) is 9.65. The third kappa shape index (κ3) is 1.16. The van der Waals surface area contributed by atoms with Gasteiger partial charge in [0, 0.05) is 0 Å². The van der Waals surface area contributed by atoms with E-state index in [1.165, 1.54) is 10.7 Å². The van der Waals surface area contributed by atoms with E-state index in [1.807, 2.05) is 0 Å². The van der Waals surface area contributed by atoms with Crippen molar-refractivity contribution in [1.82, 2.24) is 14.6 Å². The highest BCUT2D eigenvalue weighted by Crippen LogP contribution is 2.24. The molecule has 6 heteroatoms. The summed E-state index contributed by atoms with van der Waals surface area (Å²) in [7, 11) is 0. The van der Waals surface area contributed by atoms with E-state index in [1.54, 1.807) is 12.1 Å². The molecule has 0 spiro atoms. The van der Waals surface area contributed by atoms with Crippen molar-refractivity contribution in [2.45, 2.75) is 0 Å². The molecule has 0 unspecified atom stereocenters. The largest absolute Gasteiger partial charge is 0.249 e. The van der Waals surface area contributed by atoms with Gasteiger partial charge in [-0.15, -0.1) is 0 Å². The Morgan fingerprint density at radius 1 is 1.12 bits per heavy atom. The predicted molar refractivity (Wildman–Crippen MR) is 58.1 cm³/mol. The van der Waals surface area contributed by atoms with Gasteiger partial charge in [-0.05, 0) is 28.1 Å². The van der Waals surface area contributed by atoms with Gasteiger partial charge in [0.1, 0.15) is 11.0 Å². The quantitative estimate of drug-likeness (QED) is 0.635. The lowest BCUT2D eigenvalue weighted by molar-refractivity contribution is 0.628. The van der Waals surface area contributed by atoms with Crippen molar-refractivity contribution in [2.24, 2.45) is 0 Å². The molecule has 0 aliphatic rings. The normalized spacial score (nSPS) is 11.4. The van der Waals surface area contributed by atoms with E-state index in [4.69, 9.17) is 0 Å². The molecular weight excluding hydrogens is 280 g/mol. The summed E-state index contributed by atoms with van der Waals surface area (Å²) in [6.07, 6.45) is 2.34. The highest BCUT2D eigenvalue weighted by atomic mass is 79.9. The van der Waals surface area contributed by atoms with Gasteiger partial charge in [0.15, 0.2) is 11.6 Å². The summed E-state index contributed by atoms with van der Waals surface area (Å²) in [5.41, 5.74) is 0.821. The summed E-state index contributed by atoms with van der Waals surface area (Å²) in [5.74, 6) is -0.951. The number of hydrogen-bond donors (Lipinski definition) is 0. The van der Waals surface area contributed by atoms with Crippen LogP contribution in [0.2, 0.25) is 0 Å². The number of fused-ring (bicyclic) bond motifs is 3. The third-order valence-corrected chi connectivity index (χ3v) is 2.96. The Labute approximate surface area is 96.8 Å². The van der Waals surface area contributed by atoms with Crippen LogP contribution in [0, 0.1) is 11.6 Å². The van der Waals surface area contributed by atoms with Gasteiger partial charge in [0.2, 0.25) is 0 Å². The maximum absolute atomic E-state index is 13.7. The Morgan fingerprint density at radius 3 is 2.75 bits per heavy atom. The van der Waals surface area contributed by atoms with E-state index in [2.05, 4.69) is 26.0 Å². The molecule has 0 radical (unpaired) electrons. The Bertz CT molecular complexity index is 708. The second-order valence-corrected chi connectivity index (χ2v) is 4.13. The molecular formula is C10H4BrF2N3. The molecule has 0 aliphatic heterocycles. The second-order valence-electron chi connectivity index (χ2n) is 3.28. The average Bonchev–Trinajstić information content (AvgIpc) is 2.66. The highest BCUT2D eigenvalue weighted by molar-refractivity contribution is 9.10. The molecule has 3 nitrogen and oxygen atoms in total. The van der Waals surface area contributed by atoms with E-state index in [0.717, 1.165) is 6.20 Å². The molecule has 80 valence electrons. The summed E-state index contributed by atoms with van der Waals surface area (Å²) < 4.78 is 28.6. The molecule has 0 saturated heterocycles. The molecule has 0 N–H and O–H groups in total. The van der Waals surface area contributed by atoms with Gasteiger partial charge in [-0.3, -0.25) is 0 Å². The zero-order chi connectivity index (χ0) is 11.3. The molecule has 16 heavy (non-hydrogen) atoms. The minimum Gasteiger partial charge on any atom is -0.249 e. The minimum absolute atomic E-state index is 0.157. The van der Waals surface area contributed by atoms with Crippen LogP contribution in [0.25, 0.3) is 16.6 Å². The van der Waals surface area contributed by atoms with Crippen molar-refractivity contribution in [3.8, 4) is 0 Å². The van der Waals surface area contributed by atoms with Crippen LogP contribution in [0.3, 0.4) is 0 Å². The molecule has 0 fully saturated rings. The lowest BCUT2D eigenvalue weighted by Gasteiger charge is -2.02. The van der Waals surface area contributed by atoms with Crippen molar-refractivity contribution >= 4 is 32.5 Å². The van der Waals surface area contributed by atoms with Gasteiger partial charge < -0.3 is 0 Å². The fraction of sp³-hybridized carbons (Fsp3) is 0. The van der Waals surface area contributed by atoms with E-state index < -0.39 is 11.6 Å². The average molecular weight is 284 g/mol. The van der Waals surface area contributed by atoms with Gasteiger partial charge >= 0.3 is 0 Å². The van der Waals surface area contributed by atoms with Crippen molar-refractivity contribution in [3.05, 3.63) is 40.6 Å². The van der Waals surface area contributed by atoms with E-state index in [9.17, 15) is 8.78 Å². The Kier molecular flexibility index (Phi) is 1.94. The molecule has 0 amide bonds. The summed E-state index contributed by atoms with van der Waals surface area (Å²) >= 11 is 3.07. The molecule has 0 saturated carbocycles. The van der Waals surface area contributed by atoms with Crippen molar-refractivity contribution in [2.75, 3.05) is 0 Å². The SMILES string of the molecule is Fc1c(Br)ccc2c1ncc1c(F)cnn12. The first-order valence-electron chi connectivity index (χ1n) is 4.44. The molecule has 1 aromatic carbocycles. The van der Waals surface area contributed by atoms with Crippen LogP contribution >= 0.6 is 15.9 Å². The number of rotatable bonds is 0. The Hall–Kier alpha value is -1.56. The Balaban J connectivity index is 2.57. The topological polar surface area (TPSA) is 30.2 Å². The zero-order valence-corrected chi connectivity index (χ0v) is 9.37. The monoisotopic (exact) mass is 283 g/mol. The van der Waals surface area contributed by atoms with Crippen molar-refractivity contribution in [1.29, 1.82) is 0 Å². The Morgan fingerprint density at radius 2 is 1.94 bits per heavy atom. The maximum atomic E-state index is 13.7. The van der Waals surface area contributed by atoms with E-state index in [-0.39, 0.29) is 11.0 Å². The summed E-state index contributed by atoms with van der Waals surface area (Å²) in [6, 6.07) is 3.17. The van der Waals surface area contributed by atoms with Crippen molar-refractivity contribution < 1.29 is 8.78 Å². The number of aromatic nitrogens is 3. The standard InChI is InChI=1S/C10H4BrF2N3/c11-5-1-2-7-10(9(5)13)14-4-8-6(12)3-15-16(7)8/h1-4H. The van der Waals surface area contributed by atoms with E-state index >= 15 is 0 Å². The summed E-state index contributed by atoms with van der Waals surface area (Å²) in [5, 5.41) is 3.84. The highest BCUT2D eigenvalue weighted by Gasteiger charge is 2.12. The molecule has 3 aromatic rings. The maximum Gasteiger partial charge on any atom is 0.170 e.